The van der Waals surface area contributed by atoms with Gasteiger partial charge in [-0.15, -0.1) is 0 Å². The summed E-state index contributed by atoms with van der Waals surface area (Å²) in [7, 11) is 1.60. The van der Waals surface area contributed by atoms with Crippen LogP contribution in [0.1, 0.15) is 33.7 Å². The first kappa shape index (κ1) is 20.5. The lowest BCUT2D eigenvalue weighted by molar-refractivity contribution is -0.385. The van der Waals surface area contributed by atoms with Crippen LogP contribution >= 0.6 is 0 Å². The highest BCUT2D eigenvalue weighted by Gasteiger charge is 2.28. The van der Waals surface area contributed by atoms with Crippen LogP contribution in [0.15, 0.2) is 24.3 Å². The lowest BCUT2D eigenvalue weighted by Gasteiger charge is -2.27. The Bertz CT molecular complexity index is 910. The van der Waals surface area contributed by atoms with Gasteiger partial charge in [-0.1, -0.05) is 18.2 Å². The van der Waals surface area contributed by atoms with E-state index in [2.05, 4.69) is 15.5 Å². The summed E-state index contributed by atoms with van der Waals surface area (Å²) in [4.78, 5) is 37.5. The third kappa shape index (κ3) is 4.77. The molecule has 0 unspecified atom stereocenters. The summed E-state index contributed by atoms with van der Waals surface area (Å²) in [6.45, 7) is 1.72. The molecular formula is C19H23N5O5. The first-order valence-electron chi connectivity index (χ1n) is 9.34. The van der Waals surface area contributed by atoms with E-state index in [1.54, 1.807) is 30.2 Å². The third-order valence-corrected chi connectivity index (χ3v) is 4.84. The molecule has 0 spiro atoms. The topological polar surface area (TPSA) is 130 Å². The second-order valence-corrected chi connectivity index (χ2v) is 6.76. The van der Waals surface area contributed by atoms with E-state index < -0.39 is 4.92 Å². The largest absolute Gasteiger partial charge is 0.385 e. The number of benzene rings is 1. The molecule has 3 rings (SSSR count). The van der Waals surface area contributed by atoms with Gasteiger partial charge in [-0.25, -0.2) is 0 Å². The number of H-pyrrole nitrogens is 1. The number of nitro groups is 1. The molecule has 29 heavy (non-hydrogen) atoms. The van der Waals surface area contributed by atoms with Crippen molar-refractivity contribution in [2.45, 2.75) is 25.8 Å². The zero-order valence-corrected chi connectivity index (χ0v) is 16.1. The molecule has 0 fully saturated rings. The van der Waals surface area contributed by atoms with Gasteiger partial charge in [-0.2, -0.15) is 5.10 Å². The Morgan fingerprint density at radius 2 is 2.17 bits per heavy atom. The normalized spacial score (nSPS) is 13.1. The maximum atomic E-state index is 12.8. The number of aromatic nitrogens is 2. The van der Waals surface area contributed by atoms with Gasteiger partial charge in [0.2, 0.25) is 5.91 Å². The number of nitrogens with zero attached hydrogens (tertiary/aromatic N) is 3. The number of nitro benzene ring substituents is 1. The number of rotatable bonds is 8. The van der Waals surface area contributed by atoms with E-state index in [9.17, 15) is 19.7 Å². The monoisotopic (exact) mass is 401 g/mol. The number of para-hydroxylation sites is 1. The van der Waals surface area contributed by atoms with Crippen LogP contribution in [0, 0.1) is 10.1 Å². The second-order valence-electron chi connectivity index (χ2n) is 6.76. The Balaban J connectivity index is 1.68. The van der Waals surface area contributed by atoms with E-state index in [-0.39, 0.29) is 36.2 Å². The Morgan fingerprint density at radius 1 is 1.38 bits per heavy atom. The van der Waals surface area contributed by atoms with Crippen molar-refractivity contribution < 1.29 is 19.2 Å². The fourth-order valence-electron chi connectivity index (χ4n) is 3.31. The van der Waals surface area contributed by atoms with Crippen LogP contribution in [0.5, 0.6) is 0 Å². The molecule has 154 valence electrons. The SMILES string of the molecule is COCCCNC(=O)c1n[nH]c2c1CN(C(=O)Cc1ccccc1[N+](=O)[O-])CC2. The molecule has 0 saturated carbocycles. The van der Waals surface area contributed by atoms with Crippen molar-refractivity contribution in [3.63, 3.8) is 0 Å². The minimum atomic E-state index is -0.487. The summed E-state index contributed by atoms with van der Waals surface area (Å²) in [5.74, 6) is -0.524. The number of hydrogen-bond acceptors (Lipinski definition) is 6. The van der Waals surface area contributed by atoms with Gasteiger partial charge in [0, 0.05) is 62.7 Å². The van der Waals surface area contributed by atoms with E-state index in [1.807, 2.05) is 0 Å². The molecule has 0 aliphatic carbocycles. The second kappa shape index (κ2) is 9.28. The highest BCUT2D eigenvalue weighted by Crippen LogP contribution is 2.23. The molecule has 0 atom stereocenters. The Kier molecular flexibility index (Phi) is 6.55. The van der Waals surface area contributed by atoms with Gasteiger partial charge < -0.3 is 15.0 Å². The predicted molar refractivity (Wildman–Crippen MR) is 103 cm³/mol. The number of carbonyl (C=O) groups is 2. The van der Waals surface area contributed by atoms with Crippen molar-refractivity contribution in [2.24, 2.45) is 0 Å². The summed E-state index contributed by atoms with van der Waals surface area (Å²) in [6.07, 6.45) is 1.17. The molecule has 2 heterocycles. The average molecular weight is 401 g/mol. The molecule has 1 aliphatic heterocycles. The Hall–Kier alpha value is -3.27. The highest BCUT2D eigenvalue weighted by molar-refractivity contribution is 5.94. The predicted octanol–water partition coefficient (Wildman–Crippen LogP) is 1.21. The molecule has 0 saturated heterocycles. The number of methoxy groups -OCH3 is 1. The lowest BCUT2D eigenvalue weighted by Crippen LogP contribution is -2.38. The molecule has 1 aromatic heterocycles. The van der Waals surface area contributed by atoms with Crippen molar-refractivity contribution in [3.05, 3.63) is 56.9 Å². The molecule has 2 aromatic rings. The number of hydrogen-bond donors (Lipinski definition) is 2. The summed E-state index contributed by atoms with van der Waals surface area (Å²) in [6, 6.07) is 6.22. The number of nitrogens with one attached hydrogen (secondary N) is 2. The maximum absolute atomic E-state index is 12.8. The fourth-order valence-corrected chi connectivity index (χ4v) is 3.31. The van der Waals surface area contributed by atoms with E-state index in [0.717, 1.165) is 5.69 Å². The van der Waals surface area contributed by atoms with Crippen LogP contribution in [-0.4, -0.2) is 58.6 Å². The van der Waals surface area contributed by atoms with Crippen LogP contribution in [-0.2, 0) is 28.9 Å². The van der Waals surface area contributed by atoms with Crippen LogP contribution in [0.3, 0.4) is 0 Å². The van der Waals surface area contributed by atoms with Gasteiger partial charge in [0.15, 0.2) is 5.69 Å². The molecule has 2 amide bonds. The summed E-state index contributed by atoms with van der Waals surface area (Å²) in [5.41, 5.74) is 2.10. The van der Waals surface area contributed by atoms with Crippen molar-refractivity contribution in [1.29, 1.82) is 0 Å². The zero-order chi connectivity index (χ0) is 20.8. The Labute approximate surface area is 167 Å². The fraction of sp³-hybridized carbons (Fsp3) is 0.421. The molecule has 10 nitrogen and oxygen atoms in total. The third-order valence-electron chi connectivity index (χ3n) is 4.84. The molecule has 10 heteroatoms. The molecule has 0 bridgehead atoms. The highest BCUT2D eigenvalue weighted by atomic mass is 16.6. The van der Waals surface area contributed by atoms with Gasteiger partial charge in [-0.05, 0) is 6.42 Å². The van der Waals surface area contributed by atoms with Gasteiger partial charge >= 0.3 is 0 Å². The number of carbonyl (C=O) groups excluding carboxylic acids is 2. The van der Waals surface area contributed by atoms with Gasteiger partial charge in [-0.3, -0.25) is 24.8 Å². The van der Waals surface area contributed by atoms with Crippen molar-refractivity contribution in [2.75, 3.05) is 26.8 Å². The molecular weight excluding hydrogens is 378 g/mol. The molecule has 2 N–H and O–H groups in total. The summed E-state index contributed by atoms with van der Waals surface area (Å²) in [5, 5.41) is 21.0. The van der Waals surface area contributed by atoms with E-state index in [1.165, 1.54) is 6.07 Å². The van der Waals surface area contributed by atoms with E-state index in [0.29, 0.717) is 43.7 Å². The van der Waals surface area contributed by atoms with Gasteiger partial charge in [0.25, 0.3) is 11.6 Å². The van der Waals surface area contributed by atoms with Crippen molar-refractivity contribution in [3.8, 4) is 0 Å². The van der Waals surface area contributed by atoms with Crippen molar-refractivity contribution in [1.82, 2.24) is 20.4 Å². The number of fused-ring (bicyclic) bond motifs is 1. The smallest absolute Gasteiger partial charge is 0.273 e. The summed E-state index contributed by atoms with van der Waals surface area (Å²) >= 11 is 0. The number of amides is 2. The van der Waals surface area contributed by atoms with Crippen LogP contribution in [0.4, 0.5) is 5.69 Å². The first-order valence-corrected chi connectivity index (χ1v) is 9.34. The molecule has 0 radical (unpaired) electrons. The number of aromatic amines is 1. The van der Waals surface area contributed by atoms with Crippen LogP contribution < -0.4 is 5.32 Å². The molecule has 1 aromatic carbocycles. The summed E-state index contributed by atoms with van der Waals surface area (Å²) < 4.78 is 4.96. The van der Waals surface area contributed by atoms with Crippen LogP contribution in [0.25, 0.3) is 0 Å². The van der Waals surface area contributed by atoms with Gasteiger partial charge in [0.1, 0.15) is 0 Å². The minimum absolute atomic E-state index is 0.0666. The standard InChI is InChI=1S/C19H23N5O5/c1-29-10-4-8-20-19(26)18-14-12-23(9-7-15(14)21-22-18)17(25)11-13-5-2-3-6-16(13)24(27)28/h2-3,5-6H,4,7-12H2,1H3,(H,20,26)(H,21,22). The maximum Gasteiger partial charge on any atom is 0.273 e. The quantitative estimate of drug-likeness (QED) is 0.388. The Morgan fingerprint density at radius 3 is 2.93 bits per heavy atom. The lowest BCUT2D eigenvalue weighted by atomic mass is 10.0. The van der Waals surface area contributed by atoms with Crippen LogP contribution in [0.2, 0.25) is 0 Å². The van der Waals surface area contributed by atoms with Crippen molar-refractivity contribution >= 4 is 17.5 Å². The zero-order valence-electron chi connectivity index (χ0n) is 16.1. The number of ether oxygens (including phenoxy) is 1. The minimum Gasteiger partial charge on any atom is -0.385 e. The average Bonchev–Trinajstić information content (AvgIpc) is 3.14. The van der Waals surface area contributed by atoms with E-state index >= 15 is 0 Å². The van der Waals surface area contributed by atoms with E-state index in [4.69, 9.17) is 4.74 Å². The first-order chi connectivity index (χ1) is 14.0. The van der Waals surface area contributed by atoms with Gasteiger partial charge in [0.05, 0.1) is 11.3 Å². The molecule has 1 aliphatic rings.